The molecule has 112 valence electrons. The highest BCUT2D eigenvalue weighted by Crippen LogP contribution is 2.44. The Hall–Kier alpha value is -0.340. The zero-order chi connectivity index (χ0) is 14.4. The highest BCUT2D eigenvalue weighted by Gasteiger charge is 2.39. The maximum Gasteiger partial charge on any atom is 0.0178 e. The second kappa shape index (κ2) is 7.61. The van der Waals surface area contributed by atoms with Crippen molar-refractivity contribution >= 4 is 15.9 Å². The molecule has 2 heteroatoms. The van der Waals surface area contributed by atoms with Crippen LogP contribution in [0.4, 0.5) is 0 Å². The molecule has 1 unspecified atom stereocenters. The highest BCUT2D eigenvalue weighted by molar-refractivity contribution is 9.10. The predicted molar refractivity (Wildman–Crippen MR) is 91.1 cm³/mol. The predicted octanol–water partition coefficient (Wildman–Crippen LogP) is 5.33. The zero-order valence-electron chi connectivity index (χ0n) is 12.9. The number of benzene rings is 1. The van der Waals surface area contributed by atoms with Crippen LogP contribution in [0.3, 0.4) is 0 Å². The minimum absolute atomic E-state index is 0.525. The SMILES string of the molecule is CCCNC(Cc1cccc(Br)c1)C1(CC)CCCC1. The smallest absolute Gasteiger partial charge is 0.0178 e. The lowest BCUT2D eigenvalue weighted by molar-refractivity contribution is 0.184. The molecule has 0 radical (unpaired) electrons. The fourth-order valence-electron chi connectivity index (χ4n) is 3.75. The van der Waals surface area contributed by atoms with E-state index in [0.717, 1.165) is 13.0 Å². The van der Waals surface area contributed by atoms with Gasteiger partial charge in [0.15, 0.2) is 0 Å². The first-order chi connectivity index (χ1) is 9.70. The van der Waals surface area contributed by atoms with Gasteiger partial charge in [0.1, 0.15) is 0 Å². The second-order valence-electron chi connectivity index (χ2n) is 6.26. The summed E-state index contributed by atoms with van der Waals surface area (Å²) in [5, 5.41) is 3.86. The summed E-state index contributed by atoms with van der Waals surface area (Å²) in [7, 11) is 0. The third kappa shape index (κ3) is 3.85. The van der Waals surface area contributed by atoms with E-state index in [1.165, 1.54) is 48.6 Å². The summed E-state index contributed by atoms with van der Waals surface area (Å²) in [6.07, 6.45) is 9.31. The Morgan fingerprint density at radius 3 is 2.60 bits per heavy atom. The van der Waals surface area contributed by atoms with Crippen molar-refractivity contribution < 1.29 is 0 Å². The van der Waals surface area contributed by atoms with E-state index in [9.17, 15) is 0 Å². The Morgan fingerprint density at radius 2 is 2.00 bits per heavy atom. The molecule has 1 nitrogen and oxygen atoms in total. The summed E-state index contributed by atoms with van der Waals surface area (Å²) in [4.78, 5) is 0. The fraction of sp³-hybridized carbons (Fsp3) is 0.667. The van der Waals surface area contributed by atoms with E-state index in [2.05, 4.69) is 59.4 Å². The molecule has 0 heterocycles. The number of nitrogens with one attached hydrogen (secondary N) is 1. The van der Waals surface area contributed by atoms with Gasteiger partial charge in [-0.2, -0.15) is 0 Å². The lowest BCUT2D eigenvalue weighted by Crippen LogP contribution is -2.45. The molecule has 20 heavy (non-hydrogen) atoms. The molecule has 1 atom stereocenters. The molecular formula is C18H28BrN. The average molecular weight is 338 g/mol. The number of hydrogen-bond donors (Lipinski definition) is 1. The third-order valence-electron chi connectivity index (χ3n) is 5.01. The molecule has 0 spiro atoms. The van der Waals surface area contributed by atoms with Gasteiger partial charge in [0, 0.05) is 10.5 Å². The number of hydrogen-bond acceptors (Lipinski definition) is 1. The normalized spacial score (nSPS) is 19.1. The first kappa shape index (κ1) is 16.0. The summed E-state index contributed by atoms with van der Waals surface area (Å²) in [5.41, 5.74) is 1.98. The van der Waals surface area contributed by atoms with E-state index < -0.39 is 0 Å². The molecule has 0 aromatic heterocycles. The van der Waals surface area contributed by atoms with Crippen LogP contribution in [0.1, 0.15) is 57.9 Å². The maximum absolute atomic E-state index is 3.86. The first-order valence-electron chi connectivity index (χ1n) is 8.18. The summed E-state index contributed by atoms with van der Waals surface area (Å²) < 4.78 is 1.20. The van der Waals surface area contributed by atoms with Crippen molar-refractivity contribution in [1.29, 1.82) is 0 Å². The van der Waals surface area contributed by atoms with Crippen LogP contribution < -0.4 is 5.32 Å². The molecule has 1 fully saturated rings. The molecule has 0 amide bonds. The van der Waals surface area contributed by atoms with Crippen LogP contribution in [0.2, 0.25) is 0 Å². The minimum Gasteiger partial charge on any atom is -0.313 e. The van der Waals surface area contributed by atoms with E-state index in [-0.39, 0.29) is 0 Å². The topological polar surface area (TPSA) is 12.0 Å². The summed E-state index contributed by atoms with van der Waals surface area (Å²) in [5.74, 6) is 0. The summed E-state index contributed by atoms with van der Waals surface area (Å²) in [6.45, 7) is 5.78. The Kier molecular flexibility index (Phi) is 6.10. The molecule has 1 aromatic carbocycles. The van der Waals surface area contributed by atoms with Crippen molar-refractivity contribution in [3.63, 3.8) is 0 Å². The molecule has 1 N–H and O–H groups in total. The Morgan fingerprint density at radius 1 is 1.25 bits per heavy atom. The molecule has 1 aliphatic carbocycles. The van der Waals surface area contributed by atoms with Crippen molar-refractivity contribution in [2.75, 3.05) is 6.54 Å². The van der Waals surface area contributed by atoms with E-state index in [1.807, 2.05) is 0 Å². The molecule has 1 aliphatic rings. The van der Waals surface area contributed by atoms with Crippen LogP contribution in [-0.2, 0) is 6.42 Å². The highest BCUT2D eigenvalue weighted by atomic mass is 79.9. The van der Waals surface area contributed by atoms with Gasteiger partial charge in [-0.25, -0.2) is 0 Å². The number of rotatable bonds is 7. The van der Waals surface area contributed by atoms with Gasteiger partial charge >= 0.3 is 0 Å². The van der Waals surface area contributed by atoms with Crippen molar-refractivity contribution in [1.82, 2.24) is 5.32 Å². The molecule has 2 rings (SSSR count). The van der Waals surface area contributed by atoms with Crippen LogP contribution in [0, 0.1) is 5.41 Å². The molecular weight excluding hydrogens is 310 g/mol. The van der Waals surface area contributed by atoms with E-state index in [0.29, 0.717) is 11.5 Å². The largest absolute Gasteiger partial charge is 0.313 e. The van der Waals surface area contributed by atoms with Crippen molar-refractivity contribution in [2.45, 2.75) is 64.8 Å². The van der Waals surface area contributed by atoms with Crippen LogP contribution >= 0.6 is 15.9 Å². The van der Waals surface area contributed by atoms with E-state index >= 15 is 0 Å². The Labute approximate surface area is 132 Å². The second-order valence-corrected chi connectivity index (χ2v) is 7.18. The van der Waals surface area contributed by atoms with Crippen molar-refractivity contribution in [3.05, 3.63) is 34.3 Å². The first-order valence-corrected chi connectivity index (χ1v) is 8.97. The van der Waals surface area contributed by atoms with Crippen LogP contribution in [0.15, 0.2) is 28.7 Å². The summed E-state index contributed by atoms with van der Waals surface area (Å²) in [6, 6.07) is 9.44. The number of halogens is 1. The zero-order valence-corrected chi connectivity index (χ0v) is 14.5. The van der Waals surface area contributed by atoms with E-state index in [1.54, 1.807) is 0 Å². The van der Waals surface area contributed by atoms with Crippen LogP contribution in [0.25, 0.3) is 0 Å². The third-order valence-corrected chi connectivity index (χ3v) is 5.51. The molecule has 1 aromatic rings. The standard InChI is InChI=1S/C18H28BrN/c1-3-12-20-17(18(4-2)10-5-6-11-18)14-15-8-7-9-16(19)13-15/h7-9,13,17,20H,3-6,10-12,14H2,1-2H3. The van der Waals surface area contributed by atoms with Gasteiger partial charge in [-0.1, -0.05) is 54.8 Å². The maximum atomic E-state index is 3.86. The van der Waals surface area contributed by atoms with Crippen molar-refractivity contribution in [3.8, 4) is 0 Å². The van der Waals surface area contributed by atoms with Gasteiger partial charge in [0.25, 0.3) is 0 Å². The lowest BCUT2D eigenvalue weighted by Gasteiger charge is -2.38. The Balaban J connectivity index is 2.14. The fourth-order valence-corrected chi connectivity index (χ4v) is 4.20. The summed E-state index contributed by atoms with van der Waals surface area (Å²) >= 11 is 3.60. The molecule has 1 saturated carbocycles. The lowest BCUT2D eigenvalue weighted by atomic mass is 9.74. The van der Waals surface area contributed by atoms with Gasteiger partial charge in [-0.15, -0.1) is 0 Å². The molecule has 0 saturated heterocycles. The monoisotopic (exact) mass is 337 g/mol. The van der Waals surface area contributed by atoms with Gasteiger partial charge < -0.3 is 5.32 Å². The quantitative estimate of drug-likeness (QED) is 0.708. The molecule has 0 aliphatic heterocycles. The van der Waals surface area contributed by atoms with Gasteiger partial charge in [0.05, 0.1) is 0 Å². The van der Waals surface area contributed by atoms with Crippen LogP contribution in [-0.4, -0.2) is 12.6 Å². The van der Waals surface area contributed by atoms with E-state index in [4.69, 9.17) is 0 Å². The molecule has 0 bridgehead atoms. The average Bonchev–Trinajstić information content (AvgIpc) is 2.93. The minimum atomic E-state index is 0.525. The van der Waals surface area contributed by atoms with Gasteiger partial charge in [-0.3, -0.25) is 0 Å². The van der Waals surface area contributed by atoms with Gasteiger partial charge in [0.2, 0.25) is 0 Å². The van der Waals surface area contributed by atoms with Crippen molar-refractivity contribution in [2.24, 2.45) is 5.41 Å². The van der Waals surface area contributed by atoms with Crippen LogP contribution in [0.5, 0.6) is 0 Å². The van der Waals surface area contributed by atoms with Gasteiger partial charge in [-0.05, 0) is 61.8 Å². The Bertz CT molecular complexity index is 410.